The number of aromatic nitrogens is 2. The van der Waals surface area contributed by atoms with Gasteiger partial charge in [0.25, 0.3) is 0 Å². The maximum atomic E-state index is 13.3. The van der Waals surface area contributed by atoms with Gasteiger partial charge in [0, 0.05) is 24.3 Å². The Morgan fingerprint density at radius 1 is 1.47 bits per heavy atom. The zero-order valence-electron chi connectivity index (χ0n) is 10.2. The Morgan fingerprint density at radius 3 is 3.05 bits per heavy atom. The van der Waals surface area contributed by atoms with Crippen LogP contribution in [0, 0.1) is 5.82 Å². The van der Waals surface area contributed by atoms with Crippen molar-refractivity contribution in [2.45, 2.75) is 6.61 Å². The summed E-state index contributed by atoms with van der Waals surface area (Å²) in [6.07, 6.45) is 1.86. The third-order valence-corrected chi connectivity index (χ3v) is 3.76. The minimum absolute atomic E-state index is 0.118. The highest BCUT2D eigenvalue weighted by atomic mass is 32.1. The molecule has 0 radical (unpaired) electrons. The van der Waals surface area contributed by atoms with E-state index in [0.717, 1.165) is 4.96 Å². The van der Waals surface area contributed by atoms with Crippen molar-refractivity contribution in [3.63, 3.8) is 0 Å². The van der Waals surface area contributed by atoms with E-state index in [1.165, 1.54) is 23.5 Å². The van der Waals surface area contributed by atoms with Crippen molar-refractivity contribution in [2.24, 2.45) is 0 Å². The molecule has 0 saturated heterocycles. The number of halogens is 1. The summed E-state index contributed by atoms with van der Waals surface area (Å²) in [5.41, 5.74) is 1.39. The van der Waals surface area contributed by atoms with Crippen molar-refractivity contribution in [1.82, 2.24) is 9.38 Å². The highest BCUT2D eigenvalue weighted by molar-refractivity contribution is 7.15. The first kappa shape index (κ1) is 12.1. The van der Waals surface area contributed by atoms with Gasteiger partial charge < -0.3 is 10.0 Å². The monoisotopic (exact) mass is 277 g/mol. The lowest BCUT2D eigenvalue weighted by molar-refractivity contribution is 0.276. The van der Waals surface area contributed by atoms with Gasteiger partial charge in [-0.1, -0.05) is 6.07 Å². The van der Waals surface area contributed by atoms with Gasteiger partial charge in [0.2, 0.25) is 0 Å². The lowest BCUT2D eigenvalue weighted by Crippen LogP contribution is -2.12. The van der Waals surface area contributed by atoms with E-state index in [1.807, 2.05) is 16.0 Å². The predicted octanol–water partition coefficient (Wildman–Crippen LogP) is 2.80. The van der Waals surface area contributed by atoms with Crippen LogP contribution in [-0.4, -0.2) is 21.5 Å². The Labute approximate surface area is 113 Å². The molecule has 0 atom stereocenters. The maximum absolute atomic E-state index is 13.3. The highest BCUT2D eigenvalue weighted by Gasteiger charge is 2.17. The second kappa shape index (κ2) is 4.64. The number of fused-ring (bicyclic) bond motifs is 1. The summed E-state index contributed by atoms with van der Waals surface area (Å²) in [5.74, 6) is 0.343. The van der Waals surface area contributed by atoms with Crippen LogP contribution in [0.5, 0.6) is 0 Å². The van der Waals surface area contributed by atoms with Gasteiger partial charge in [0.15, 0.2) is 10.8 Å². The van der Waals surface area contributed by atoms with Crippen LogP contribution in [0.2, 0.25) is 0 Å². The van der Waals surface area contributed by atoms with Gasteiger partial charge >= 0.3 is 0 Å². The normalized spacial score (nSPS) is 11.1. The molecule has 0 amide bonds. The predicted molar refractivity (Wildman–Crippen MR) is 73.5 cm³/mol. The molecule has 0 aliphatic carbocycles. The maximum Gasteiger partial charge on any atom is 0.195 e. The van der Waals surface area contributed by atoms with Crippen LogP contribution in [-0.2, 0) is 6.61 Å². The van der Waals surface area contributed by atoms with Crippen LogP contribution >= 0.6 is 11.3 Å². The molecule has 19 heavy (non-hydrogen) atoms. The number of aliphatic hydroxyl groups is 1. The van der Waals surface area contributed by atoms with E-state index in [-0.39, 0.29) is 12.4 Å². The Hall–Kier alpha value is -1.92. The molecule has 1 aromatic carbocycles. The molecule has 2 aromatic heterocycles. The van der Waals surface area contributed by atoms with Gasteiger partial charge in [0.1, 0.15) is 5.82 Å². The molecule has 3 rings (SSSR count). The largest absolute Gasteiger partial charge is 0.390 e. The zero-order chi connectivity index (χ0) is 13.4. The first-order valence-corrected chi connectivity index (χ1v) is 6.63. The van der Waals surface area contributed by atoms with Crippen molar-refractivity contribution in [1.29, 1.82) is 0 Å². The SMILES string of the molecule is CN(c1cccc(F)c1)c1nc2sccn2c1CO. The van der Waals surface area contributed by atoms with Gasteiger partial charge in [-0.25, -0.2) is 9.37 Å². The summed E-state index contributed by atoms with van der Waals surface area (Å²) in [5, 5.41) is 11.4. The third-order valence-electron chi connectivity index (χ3n) is 3.00. The lowest BCUT2D eigenvalue weighted by atomic mass is 10.3. The average molecular weight is 277 g/mol. The number of nitrogens with zero attached hydrogens (tertiary/aromatic N) is 3. The first-order chi connectivity index (χ1) is 9.20. The molecular weight excluding hydrogens is 265 g/mol. The molecule has 4 nitrogen and oxygen atoms in total. The van der Waals surface area contributed by atoms with Crippen molar-refractivity contribution in [3.05, 3.63) is 47.4 Å². The quantitative estimate of drug-likeness (QED) is 0.800. The smallest absolute Gasteiger partial charge is 0.195 e. The highest BCUT2D eigenvalue weighted by Crippen LogP contribution is 2.29. The van der Waals surface area contributed by atoms with Crippen LogP contribution in [0.4, 0.5) is 15.9 Å². The van der Waals surface area contributed by atoms with Gasteiger partial charge in [0.05, 0.1) is 12.3 Å². The third kappa shape index (κ3) is 1.98. The summed E-state index contributed by atoms with van der Waals surface area (Å²) in [6, 6.07) is 6.29. The molecule has 3 aromatic rings. The number of imidazole rings is 1. The summed E-state index contributed by atoms with van der Waals surface area (Å²) in [7, 11) is 1.81. The van der Waals surface area contributed by atoms with E-state index in [2.05, 4.69) is 4.98 Å². The minimum Gasteiger partial charge on any atom is -0.390 e. The Balaban J connectivity index is 2.10. The van der Waals surface area contributed by atoms with Crippen LogP contribution in [0.3, 0.4) is 0 Å². The second-order valence-corrected chi connectivity index (χ2v) is 5.01. The van der Waals surface area contributed by atoms with Crippen LogP contribution in [0.25, 0.3) is 4.96 Å². The molecule has 0 spiro atoms. The number of benzene rings is 1. The molecule has 0 aliphatic rings. The summed E-state index contributed by atoms with van der Waals surface area (Å²) in [6.45, 7) is -0.118. The second-order valence-electron chi connectivity index (χ2n) is 4.13. The number of hydrogen-bond donors (Lipinski definition) is 1. The number of anilines is 2. The minimum atomic E-state index is -0.295. The van der Waals surface area contributed by atoms with Crippen molar-refractivity contribution in [2.75, 3.05) is 11.9 Å². The standard InChI is InChI=1S/C13H12FN3OS/c1-16(10-4-2-3-9(14)7-10)12-11(8-18)17-5-6-19-13(17)15-12/h2-7,18H,8H2,1H3. The van der Waals surface area contributed by atoms with E-state index < -0.39 is 0 Å². The summed E-state index contributed by atoms with van der Waals surface area (Å²) < 4.78 is 15.1. The van der Waals surface area contributed by atoms with Crippen LogP contribution in [0.15, 0.2) is 35.8 Å². The number of aliphatic hydroxyl groups excluding tert-OH is 1. The van der Waals surface area contributed by atoms with Crippen molar-refractivity contribution in [3.8, 4) is 0 Å². The van der Waals surface area contributed by atoms with Gasteiger partial charge in [-0.15, -0.1) is 11.3 Å². The molecule has 1 N–H and O–H groups in total. The molecule has 98 valence electrons. The summed E-state index contributed by atoms with van der Waals surface area (Å²) >= 11 is 1.49. The number of thiazole rings is 1. The fourth-order valence-corrected chi connectivity index (χ4v) is 2.77. The lowest BCUT2D eigenvalue weighted by Gasteiger charge is -2.18. The summed E-state index contributed by atoms with van der Waals surface area (Å²) in [4.78, 5) is 7.05. The Kier molecular flexibility index (Phi) is 2.96. The van der Waals surface area contributed by atoms with Gasteiger partial charge in [-0.05, 0) is 18.2 Å². The molecule has 6 heteroatoms. The van der Waals surface area contributed by atoms with E-state index in [1.54, 1.807) is 24.1 Å². The molecule has 0 aliphatic heterocycles. The molecule has 0 unspecified atom stereocenters. The van der Waals surface area contributed by atoms with Crippen LogP contribution < -0.4 is 4.90 Å². The zero-order valence-corrected chi connectivity index (χ0v) is 11.1. The van der Waals surface area contributed by atoms with Crippen molar-refractivity contribution >= 4 is 27.8 Å². The fraction of sp³-hybridized carbons (Fsp3) is 0.154. The average Bonchev–Trinajstić information content (AvgIpc) is 2.97. The Morgan fingerprint density at radius 2 is 2.32 bits per heavy atom. The van der Waals surface area contributed by atoms with E-state index in [0.29, 0.717) is 17.2 Å². The molecule has 2 heterocycles. The van der Waals surface area contributed by atoms with Gasteiger partial charge in [-0.2, -0.15) is 0 Å². The van der Waals surface area contributed by atoms with E-state index >= 15 is 0 Å². The number of rotatable bonds is 3. The van der Waals surface area contributed by atoms with Crippen molar-refractivity contribution < 1.29 is 9.50 Å². The fourth-order valence-electron chi connectivity index (χ4n) is 2.04. The molecule has 0 fully saturated rings. The molecule has 0 saturated carbocycles. The van der Waals surface area contributed by atoms with E-state index in [4.69, 9.17) is 0 Å². The van der Waals surface area contributed by atoms with Crippen LogP contribution in [0.1, 0.15) is 5.69 Å². The van der Waals surface area contributed by atoms with E-state index in [9.17, 15) is 9.50 Å². The first-order valence-electron chi connectivity index (χ1n) is 5.75. The number of hydrogen-bond acceptors (Lipinski definition) is 4. The topological polar surface area (TPSA) is 40.8 Å². The van der Waals surface area contributed by atoms with Gasteiger partial charge in [-0.3, -0.25) is 4.40 Å². The Bertz CT molecular complexity index is 722. The molecule has 0 bridgehead atoms. The molecular formula is C13H12FN3OS.